The van der Waals surface area contributed by atoms with Crippen LogP contribution in [-0.2, 0) is 4.79 Å². The van der Waals surface area contributed by atoms with Crippen molar-refractivity contribution in [3.63, 3.8) is 0 Å². The number of nitrogens with one attached hydrogen (secondary N) is 1. The Hall–Kier alpha value is -3.20. The normalized spacial score (nSPS) is 21.5. The van der Waals surface area contributed by atoms with Gasteiger partial charge >= 0.3 is 0 Å². The maximum atomic E-state index is 12.0. The van der Waals surface area contributed by atoms with E-state index in [1.54, 1.807) is 13.1 Å². The summed E-state index contributed by atoms with van der Waals surface area (Å²) in [6.45, 7) is 6.12. The maximum Gasteiger partial charge on any atom is 0.272 e. The molecule has 0 bridgehead atoms. The number of dihydropyridines is 2. The van der Waals surface area contributed by atoms with Crippen molar-refractivity contribution in [3.05, 3.63) is 41.1 Å². The average Bonchev–Trinajstić information content (AvgIpc) is 2.78. The molecule has 30 heavy (non-hydrogen) atoms. The molecular weight excluding hydrogens is 382 g/mol. The lowest BCUT2D eigenvalue weighted by Gasteiger charge is -2.35. The molecule has 1 aromatic heterocycles. The second-order valence-electron chi connectivity index (χ2n) is 7.45. The molecule has 3 aliphatic rings. The first kappa shape index (κ1) is 20.1. The largest absolute Gasteiger partial charge is 0.354 e. The summed E-state index contributed by atoms with van der Waals surface area (Å²) in [5.41, 5.74) is 2.85. The molecule has 1 atom stereocenters. The van der Waals surface area contributed by atoms with E-state index in [0.29, 0.717) is 12.1 Å². The van der Waals surface area contributed by atoms with E-state index in [1.807, 2.05) is 31.4 Å². The molecule has 156 valence electrons. The van der Waals surface area contributed by atoms with Crippen LogP contribution in [0.3, 0.4) is 0 Å². The van der Waals surface area contributed by atoms with Gasteiger partial charge in [0.15, 0.2) is 11.5 Å². The number of amides is 2. The molecular formula is C21H25N7O2. The Balaban J connectivity index is 1.33. The topological polar surface area (TPSA) is 103 Å². The van der Waals surface area contributed by atoms with Crippen molar-refractivity contribution < 1.29 is 9.59 Å². The monoisotopic (exact) mass is 407 g/mol. The lowest BCUT2D eigenvalue weighted by atomic mass is 9.98. The first-order valence-corrected chi connectivity index (χ1v) is 10.2. The van der Waals surface area contributed by atoms with Crippen molar-refractivity contribution in [2.24, 2.45) is 9.98 Å². The van der Waals surface area contributed by atoms with E-state index in [1.165, 1.54) is 0 Å². The third-order valence-electron chi connectivity index (χ3n) is 5.50. The number of carbonyl (C=O) groups is 2. The fraction of sp³-hybridized carbons (Fsp3) is 0.429. The lowest BCUT2D eigenvalue weighted by molar-refractivity contribution is -0.114. The van der Waals surface area contributed by atoms with Crippen LogP contribution in [-0.4, -0.2) is 84.7 Å². The molecule has 0 radical (unpaired) electrons. The van der Waals surface area contributed by atoms with E-state index >= 15 is 0 Å². The smallest absolute Gasteiger partial charge is 0.272 e. The summed E-state index contributed by atoms with van der Waals surface area (Å²) >= 11 is 0. The van der Waals surface area contributed by atoms with E-state index in [4.69, 9.17) is 0 Å². The van der Waals surface area contributed by atoms with Crippen LogP contribution in [0.15, 0.2) is 45.4 Å². The highest BCUT2D eigenvalue weighted by Crippen LogP contribution is 2.20. The van der Waals surface area contributed by atoms with Gasteiger partial charge in [-0.3, -0.25) is 19.5 Å². The lowest BCUT2D eigenvalue weighted by Crippen LogP contribution is -2.47. The molecule has 3 aliphatic heterocycles. The molecule has 1 unspecified atom stereocenters. The SMILES string of the molecule is CCC1=CC2N=CC(CN3CCN(c4ccc(C(=O)NC)nn4)CC3)=CC2=NC1=O. The highest BCUT2D eigenvalue weighted by atomic mass is 16.2. The second kappa shape index (κ2) is 8.66. The van der Waals surface area contributed by atoms with Gasteiger partial charge < -0.3 is 10.2 Å². The van der Waals surface area contributed by atoms with Gasteiger partial charge in [0.1, 0.15) is 6.04 Å². The van der Waals surface area contributed by atoms with Crippen LogP contribution in [0.4, 0.5) is 5.82 Å². The number of hydrogen-bond acceptors (Lipinski definition) is 7. The van der Waals surface area contributed by atoms with Gasteiger partial charge in [-0.05, 0) is 36.3 Å². The predicted molar refractivity (Wildman–Crippen MR) is 115 cm³/mol. The third kappa shape index (κ3) is 4.20. The van der Waals surface area contributed by atoms with Crippen LogP contribution >= 0.6 is 0 Å². The van der Waals surface area contributed by atoms with E-state index < -0.39 is 0 Å². The molecule has 0 saturated carbocycles. The highest BCUT2D eigenvalue weighted by Gasteiger charge is 2.25. The average molecular weight is 407 g/mol. The minimum Gasteiger partial charge on any atom is -0.354 e. The van der Waals surface area contributed by atoms with Gasteiger partial charge in [0, 0.05) is 51.6 Å². The third-order valence-corrected chi connectivity index (χ3v) is 5.50. The van der Waals surface area contributed by atoms with Crippen LogP contribution in [0.2, 0.25) is 0 Å². The van der Waals surface area contributed by atoms with E-state index in [2.05, 4.69) is 35.3 Å². The summed E-state index contributed by atoms with van der Waals surface area (Å²) in [6.07, 6.45) is 6.50. The summed E-state index contributed by atoms with van der Waals surface area (Å²) in [4.78, 5) is 36.9. The molecule has 9 nitrogen and oxygen atoms in total. The number of carbonyl (C=O) groups excluding carboxylic acids is 2. The zero-order valence-electron chi connectivity index (χ0n) is 17.2. The van der Waals surface area contributed by atoms with Gasteiger partial charge in [0.2, 0.25) is 0 Å². The number of piperazine rings is 1. The van der Waals surface area contributed by atoms with Crippen LogP contribution in [0.25, 0.3) is 0 Å². The number of hydrogen-bond donors (Lipinski definition) is 1. The highest BCUT2D eigenvalue weighted by molar-refractivity contribution is 6.16. The van der Waals surface area contributed by atoms with Crippen LogP contribution in [0, 0.1) is 0 Å². The van der Waals surface area contributed by atoms with Crippen molar-refractivity contribution in [2.75, 3.05) is 44.7 Å². The number of anilines is 1. The Morgan fingerprint density at radius 2 is 2.00 bits per heavy atom. The van der Waals surface area contributed by atoms with Crippen LogP contribution in [0.1, 0.15) is 23.8 Å². The van der Waals surface area contributed by atoms with Crippen molar-refractivity contribution in [1.82, 2.24) is 20.4 Å². The van der Waals surface area contributed by atoms with Crippen molar-refractivity contribution in [1.29, 1.82) is 0 Å². The number of rotatable bonds is 5. The molecule has 0 aliphatic carbocycles. The summed E-state index contributed by atoms with van der Waals surface area (Å²) in [6, 6.07) is 3.40. The minimum atomic E-state index is -0.241. The van der Waals surface area contributed by atoms with Gasteiger partial charge in [0.25, 0.3) is 11.8 Å². The molecule has 1 aromatic rings. The minimum absolute atomic E-state index is 0.130. The van der Waals surface area contributed by atoms with Gasteiger partial charge in [-0.2, -0.15) is 0 Å². The van der Waals surface area contributed by atoms with Crippen LogP contribution < -0.4 is 10.2 Å². The Morgan fingerprint density at radius 1 is 1.20 bits per heavy atom. The molecule has 0 aromatic carbocycles. The van der Waals surface area contributed by atoms with E-state index in [-0.39, 0.29) is 17.9 Å². The van der Waals surface area contributed by atoms with Gasteiger partial charge in [-0.15, -0.1) is 10.2 Å². The zero-order chi connectivity index (χ0) is 21.1. The molecule has 1 saturated heterocycles. The molecule has 1 fully saturated rings. The number of nitrogens with zero attached hydrogens (tertiary/aromatic N) is 6. The first-order valence-electron chi connectivity index (χ1n) is 10.2. The second-order valence-corrected chi connectivity index (χ2v) is 7.45. The molecule has 2 amide bonds. The Morgan fingerprint density at radius 3 is 2.67 bits per heavy atom. The molecule has 4 rings (SSSR count). The maximum absolute atomic E-state index is 12.0. The number of fused-ring (bicyclic) bond motifs is 1. The van der Waals surface area contributed by atoms with Crippen LogP contribution in [0.5, 0.6) is 0 Å². The summed E-state index contributed by atoms with van der Waals surface area (Å²) < 4.78 is 0. The first-order chi connectivity index (χ1) is 14.6. The summed E-state index contributed by atoms with van der Waals surface area (Å²) in [5, 5.41) is 10.7. The predicted octanol–water partition coefficient (Wildman–Crippen LogP) is 0.655. The summed E-state index contributed by atoms with van der Waals surface area (Å²) in [5.74, 6) is 0.389. The van der Waals surface area contributed by atoms with Crippen molar-refractivity contribution in [3.8, 4) is 0 Å². The van der Waals surface area contributed by atoms with Crippen molar-refractivity contribution in [2.45, 2.75) is 19.4 Å². The number of aromatic nitrogens is 2. The fourth-order valence-electron chi connectivity index (χ4n) is 3.73. The van der Waals surface area contributed by atoms with Gasteiger partial charge in [-0.1, -0.05) is 6.92 Å². The standard InChI is InChI=1S/C21H25N7O2/c1-3-15-11-17-18(24-20(15)29)10-14(12-23-17)13-27-6-8-28(9-7-27)19-5-4-16(25-26-19)21(30)22-2/h4-5,10-12,17H,3,6-9,13H2,1-2H3,(H,22,30). The zero-order valence-corrected chi connectivity index (χ0v) is 17.2. The molecule has 9 heteroatoms. The van der Waals surface area contributed by atoms with E-state index in [9.17, 15) is 9.59 Å². The van der Waals surface area contributed by atoms with Gasteiger partial charge in [-0.25, -0.2) is 4.99 Å². The van der Waals surface area contributed by atoms with Crippen molar-refractivity contribution >= 4 is 29.6 Å². The molecule has 1 N–H and O–H groups in total. The quantitative estimate of drug-likeness (QED) is 0.769. The fourth-order valence-corrected chi connectivity index (χ4v) is 3.73. The Labute approximate surface area is 175 Å². The molecule has 0 spiro atoms. The summed E-state index contributed by atoms with van der Waals surface area (Å²) in [7, 11) is 1.57. The number of aliphatic imine (C=N–C) groups is 2. The molecule has 4 heterocycles. The van der Waals surface area contributed by atoms with E-state index in [0.717, 1.165) is 55.4 Å². The Bertz CT molecular complexity index is 954. The Kier molecular flexibility index (Phi) is 5.80. The van der Waals surface area contributed by atoms with Gasteiger partial charge in [0.05, 0.1) is 5.71 Å².